The molecule has 1 aliphatic carbocycles. The zero-order valence-corrected chi connectivity index (χ0v) is 32.8. The van der Waals surface area contributed by atoms with Crippen LogP contribution in [0.1, 0.15) is 104 Å². The van der Waals surface area contributed by atoms with E-state index >= 15 is 13.2 Å². The average Bonchev–Trinajstić information content (AvgIpc) is 3.72. The first-order valence-corrected chi connectivity index (χ1v) is 19.8. The molecule has 1 unspecified atom stereocenters. The van der Waals surface area contributed by atoms with E-state index in [-0.39, 0.29) is 58.9 Å². The minimum atomic E-state index is -3.32. The van der Waals surface area contributed by atoms with Crippen LogP contribution in [0.2, 0.25) is 0 Å². The smallest absolute Gasteiger partial charge is 0.329 e. The Labute approximate surface area is 336 Å². The predicted octanol–water partition coefficient (Wildman–Crippen LogP) is 5.41. The molecule has 3 N–H and O–H groups in total. The number of aliphatic hydroxyl groups is 1. The first-order valence-electron chi connectivity index (χ1n) is 19.8. The summed E-state index contributed by atoms with van der Waals surface area (Å²) in [5.41, 5.74) is -0.0622. The molecular formula is C42H44F3N9O5. The number of nitriles is 1. The average molecular weight is 812 g/mol. The number of benzene rings is 2. The number of piperidine rings is 2. The monoisotopic (exact) mass is 811 g/mol. The molecule has 3 fully saturated rings. The van der Waals surface area contributed by atoms with Crippen LogP contribution in [0, 0.1) is 23.1 Å². The van der Waals surface area contributed by atoms with Gasteiger partial charge in [0.25, 0.3) is 11.8 Å². The Kier molecular flexibility index (Phi) is 10.2. The molecule has 0 radical (unpaired) electrons. The van der Waals surface area contributed by atoms with Gasteiger partial charge in [-0.3, -0.25) is 43.4 Å². The molecule has 0 spiro atoms. The van der Waals surface area contributed by atoms with Gasteiger partial charge in [0.05, 0.1) is 51.8 Å². The zero-order valence-electron chi connectivity index (χ0n) is 32.8. The highest BCUT2D eigenvalue weighted by molar-refractivity contribution is 6.06. The number of rotatable bonds is 8. The summed E-state index contributed by atoms with van der Waals surface area (Å²) in [6, 6.07) is 8.36. The van der Waals surface area contributed by atoms with Crippen molar-refractivity contribution >= 4 is 45.3 Å². The lowest BCUT2D eigenvalue weighted by Gasteiger charge is -2.41. The lowest BCUT2D eigenvalue weighted by Crippen LogP contribution is -2.49. The van der Waals surface area contributed by atoms with Crippen molar-refractivity contribution in [3.05, 3.63) is 87.5 Å². The minimum absolute atomic E-state index is 0.0149. The number of carbonyl (C=O) groups excluding carboxylic acids is 3. The van der Waals surface area contributed by atoms with Gasteiger partial charge in [0, 0.05) is 60.8 Å². The number of halogens is 3. The second-order valence-corrected chi connectivity index (χ2v) is 16.7. The number of nitrogens with one attached hydrogen (secondary N) is 2. The molecule has 59 heavy (non-hydrogen) atoms. The van der Waals surface area contributed by atoms with Crippen LogP contribution in [-0.2, 0) is 22.2 Å². The van der Waals surface area contributed by atoms with Gasteiger partial charge in [0.15, 0.2) is 0 Å². The lowest BCUT2D eigenvalue weighted by molar-refractivity contribution is -0.135. The number of fused-ring (bicyclic) bond motifs is 2. The number of nitrogens with zero attached hydrogens (tertiary/aromatic N) is 7. The Balaban J connectivity index is 0.940. The molecule has 5 aromatic rings. The van der Waals surface area contributed by atoms with Gasteiger partial charge >= 0.3 is 5.69 Å². The fourth-order valence-corrected chi connectivity index (χ4v) is 9.23. The van der Waals surface area contributed by atoms with Gasteiger partial charge in [-0.15, -0.1) is 0 Å². The number of aryl methyl sites for hydroxylation is 1. The van der Waals surface area contributed by atoms with Crippen molar-refractivity contribution in [2.45, 2.75) is 88.3 Å². The number of hydrogen-bond acceptors (Lipinski definition) is 9. The third-order valence-electron chi connectivity index (χ3n) is 12.2. The predicted molar refractivity (Wildman–Crippen MR) is 210 cm³/mol. The summed E-state index contributed by atoms with van der Waals surface area (Å²) in [5, 5.41) is 30.9. The largest absolute Gasteiger partial charge is 0.386 e. The van der Waals surface area contributed by atoms with Crippen LogP contribution in [-0.4, -0.2) is 77.2 Å². The van der Waals surface area contributed by atoms with E-state index in [0.717, 1.165) is 41.7 Å². The Morgan fingerprint density at radius 2 is 1.85 bits per heavy atom. The van der Waals surface area contributed by atoms with Crippen LogP contribution < -0.4 is 16.3 Å². The Morgan fingerprint density at radius 1 is 1.08 bits per heavy atom. The maximum Gasteiger partial charge on any atom is 0.329 e. The van der Waals surface area contributed by atoms with Crippen LogP contribution in [0.15, 0.2) is 53.7 Å². The molecule has 14 nitrogen and oxygen atoms in total. The van der Waals surface area contributed by atoms with Gasteiger partial charge in [-0.1, -0.05) is 0 Å². The number of imide groups is 1. The fraction of sp³-hybridized carbons (Fsp3) is 0.452. The van der Waals surface area contributed by atoms with Crippen molar-refractivity contribution < 1.29 is 32.7 Å². The van der Waals surface area contributed by atoms with Crippen LogP contribution >= 0.6 is 0 Å². The van der Waals surface area contributed by atoms with Crippen LogP contribution in [0.3, 0.4) is 0 Å². The second-order valence-electron chi connectivity index (χ2n) is 16.7. The molecule has 3 aliphatic rings. The molecule has 3 amide bonds. The zero-order chi connectivity index (χ0) is 42.0. The van der Waals surface area contributed by atoms with Crippen molar-refractivity contribution in [2.75, 3.05) is 25.0 Å². The lowest BCUT2D eigenvalue weighted by atomic mass is 9.82. The number of aromatic nitrogens is 5. The van der Waals surface area contributed by atoms with Crippen molar-refractivity contribution in [1.29, 1.82) is 5.26 Å². The summed E-state index contributed by atoms with van der Waals surface area (Å²) >= 11 is 0. The van der Waals surface area contributed by atoms with Gasteiger partial charge in [0.2, 0.25) is 11.8 Å². The molecule has 3 aromatic heterocycles. The normalized spacial score (nSPS) is 22.7. The maximum absolute atomic E-state index is 16.2. The maximum atomic E-state index is 16.2. The molecule has 2 saturated heterocycles. The third kappa shape index (κ3) is 7.51. The number of hydrogen-bond donors (Lipinski definition) is 3. The summed E-state index contributed by atoms with van der Waals surface area (Å²) in [5.74, 6) is -7.09. The molecule has 2 aromatic carbocycles. The van der Waals surface area contributed by atoms with E-state index < -0.39 is 59.3 Å². The number of likely N-dealkylation sites (tertiary alicyclic amines) is 1. The van der Waals surface area contributed by atoms with E-state index in [4.69, 9.17) is 5.10 Å². The first kappa shape index (κ1) is 39.9. The highest BCUT2D eigenvalue weighted by Gasteiger charge is 2.48. The number of amides is 3. The van der Waals surface area contributed by atoms with E-state index in [1.165, 1.54) is 36.1 Å². The van der Waals surface area contributed by atoms with E-state index in [2.05, 4.69) is 15.6 Å². The molecule has 17 heteroatoms. The van der Waals surface area contributed by atoms with Crippen molar-refractivity contribution in [3.8, 4) is 6.07 Å². The number of carbonyl (C=O) groups is 3. The van der Waals surface area contributed by atoms with Crippen LogP contribution in [0.5, 0.6) is 0 Å². The molecule has 308 valence electrons. The summed E-state index contributed by atoms with van der Waals surface area (Å²) in [4.78, 5) is 56.7. The van der Waals surface area contributed by atoms with Crippen molar-refractivity contribution in [3.63, 3.8) is 0 Å². The summed E-state index contributed by atoms with van der Waals surface area (Å²) < 4.78 is 52.2. The number of imidazole rings is 1. The van der Waals surface area contributed by atoms with E-state index in [1.807, 2.05) is 16.9 Å². The van der Waals surface area contributed by atoms with Gasteiger partial charge in [-0.05, 0) is 95.2 Å². The van der Waals surface area contributed by atoms with Gasteiger partial charge in [-0.25, -0.2) is 18.0 Å². The Morgan fingerprint density at radius 3 is 2.54 bits per heavy atom. The molecule has 2 aliphatic heterocycles. The van der Waals surface area contributed by atoms with E-state index in [9.17, 15) is 29.5 Å². The SMILES string of the molecule is Cn1c(=O)n(C2CCC(=O)NC2=O)c2ccc(F)c([C@H]3CCN(CC4CCC(n5cc6cc(NC(=O)c7cncc(C#N)c7)c(C(C)(C)O)cc6n5)CC4)CC3(F)F)c21. The topological polar surface area (TPSA) is 180 Å². The van der Waals surface area contributed by atoms with Gasteiger partial charge in [-0.2, -0.15) is 10.4 Å². The van der Waals surface area contributed by atoms with E-state index in [1.54, 1.807) is 30.9 Å². The standard InChI is InChI=1S/C42H44F3N9O5/c1-41(2,59)29-16-31-26(15-32(29)48-38(56)25-14-24(17-46)18-47-19-25)21-53(50-31)27-6-4-23(5-7-27)20-52-13-12-28(42(44,45)22-52)36-30(43)8-9-33-37(36)51(3)40(58)54(33)34-10-11-35(55)49-39(34)57/h8-9,14-16,18-19,21,23,27-28,34,59H,4-7,10-13,20,22H2,1-3H3,(H,48,56)(H,49,55,57)/t23?,27?,28-,34?/m1/s1. The molecular weight excluding hydrogens is 768 g/mol. The number of pyridine rings is 1. The Hall–Kier alpha value is -5.86. The summed E-state index contributed by atoms with van der Waals surface area (Å²) in [6.45, 7) is 3.43. The summed E-state index contributed by atoms with van der Waals surface area (Å²) in [6.07, 6.45) is 7.77. The highest BCUT2D eigenvalue weighted by atomic mass is 19.3. The minimum Gasteiger partial charge on any atom is -0.386 e. The van der Waals surface area contributed by atoms with Crippen LogP contribution in [0.4, 0.5) is 18.9 Å². The number of anilines is 1. The molecule has 1 saturated carbocycles. The third-order valence-corrected chi connectivity index (χ3v) is 12.2. The van der Waals surface area contributed by atoms with Crippen molar-refractivity contribution in [2.24, 2.45) is 13.0 Å². The van der Waals surface area contributed by atoms with Gasteiger partial charge in [0.1, 0.15) is 17.9 Å². The molecule has 2 atom stereocenters. The summed E-state index contributed by atoms with van der Waals surface area (Å²) in [7, 11) is 1.38. The van der Waals surface area contributed by atoms with E-state index in [0.29, 0.717) is 29.9 Å². The van der Waals surface area contributed by atoms with Gasteiger partial charge < -0.3 is 10.4 Å². The second kappa shape index (κ2) is 15.1. The van der Waals surface area contributed by atoms with Crippen LogP contribution in [0.25, 0.3) is 21.9 Å². The Bertz CT molecular complexity index is 2610. The molecule has 5 heterocycles. The quantitative estimate of drug-likeness (QED) is 0.173. The molecule has 0 bridgehead atoms. The first-order chi connectivity index (χ1) is 28.0. The molecule has 8 rings (SSSR count). The fourth-order valence-electron chi connectivity index (χ4n) is 9.23. The highest BCUT2D eigenvalue weighted by Crippen LogP contribution is 2.45. The van der Waals surface area contributed by atoms with Crippen molar-refractivity contribution in [1.82, 2.24) is 34.1 Å². The number of alkyl halides is 2.